The fraction of sp³-hybridized carbons (Fsp3) is 0.250. The summed E-state index contributed by atoms with van der Waals surface area (Å²) in [5.74, 6) is 0.0433. The number of carbonyl (C=O) groups excluding carboxylic acids is 2. The van der Waals surface area contributed by atoms with E-state index in [1.165, 1.54) is 23.0 Å². The van der Waals surface area contributed by atoms with Gasteiger partial charge in [-0.15, -0.1) is 0 Å². The second kappa shape index (κ2) is 16.3. The molecule has 0 bridgehead atoms. The molecule has 4 aromatic rings. The fourth-order valence-corrected chi connectivity index (χ4v) is 7.67. The Morgan fingerprint density at radius 2 is 1.72 bits per heavy atom. The quantitative estimate of drug-likeness (QED) is 0.164. The zero-order chi connectivity index (χ0) is 35.9. The Hall–Kier alpha value is -4.71. The van der Waals surface area contributed by atoms with E-state index in [0.717, 1.165) is 5.56 Å². The number of benzene rings is 3. The van der Waals surface area contributed by atoms with Crippen LogP contribution in [0.25, 0.3) is 6.08 Å². The van der Waals surface area contributed by atoms with Crippen molar-refractivity contribution in [2.75, 3.05) is 26.9 Å². The number of ether oxygens (including phenoxy) is 5. The molecule has 11 nitrogen and oxygen atoms in total. The van der Waals surface area contributed by atoms with E-state index < -0.39 is 18.0 Å². The minimum Gasteiger partial charge on any atom is -0.490 e. The van der Waals surface area contributed by atoms with Crippen molar-refractivity contribution in [3.05, 3.63) is 117 Å². The average molecular weight is 826 g/mol. The minimum absolute atomic E-state index is 0.133. The first-order valence-electron chi connectivity index (χ1n) is 15.3. The summed E-state index contributed by atoms with van der Waals surface area (Å²) < 4.78 is 30.8. The molecule has 3 aromatic carbocycles. The summed E-state index contributed by atoms with van der Waals surface area (Å²) >= 11 is 8.39. The molecule has 0 spiro atoms. The molecule has 0 N–H and O–H groups in total. The standard InChI is InChI=1S/C36H31Br2N3O8S/c1-5-46-28-16-24(11-12-27(28)48-19-30(42)45-4)32-31(35(44)47-6-2)20(3)40-36-41(32)34(43)29(50-36)15-23-13-25(37)33(26(38)14-23)49-18-22-9-7-21(17-39)8-10-22/h7-16,32H,5-6,18-19H2,1-4H3/b29-15+/t32-/m0/s1. The highest BCUT2D eigenvalue weighted by atomic mass is 79.9. The van der Waals surface area contributed by atoms with Crippen molar-refractivity contribution in [1.82, 2.24) is 4.57 Å². The summed E-state index contributed by atoms with van der Waals surface area (Å²) in [4.78, 5) is 44.4. The first-order valence-corrected chi connectivity index (χ1v) is 17.8. The smallest absolute Gasteiger partial charge is 0.343 e. The van der Waals surface area contributed by atoms with Crippen molar-refractivity contribution in [3.8, 4) is 23.3 Å². The Balaban J connectivity index is 1.55. The Kier molecular flexibility index (Phi) is 11.9. The van der Waals surface area contributed by atoms with Crippen molar-refractivity contribution >= 4 is 61.2 Å². The Morgan fingerprint density at radius 3 is 2.36 bits per heavy atom. The van der Waals surface area contributed by atoms with Crippen LogP contribution in [-0.4, -0.2) is 43.4 Å². The van der Waals surface area contributed by atoms with E-state index in [0.29, 0.717) is 64.5 Å². The van der Waals surface area contributed by atoms with E-state index in [-0.39, 0.29) is 31.0 Å². The van der Waals surface area contributed by atoms with Crippen molar-refractivity contribution < 1.29 is 33.3 Å². The van der Waals surface area contributed by atoms with E-state index in [9.17, 15) is 14.4 Å². The zero-order valence-electron chi connectivity index (χ0n) is 27.5. The molecule has 14 heteroatoms. The van der Waals surface area contributed by atoms with Gasteiger partial charge in [0.05, 0.1) is 62.7 Å². The highest BCUT2D eigenvalue weighted by molar-refractivity contribution is 9.11. The normalized spacial score (nSPS) is 13.9. The molecule has 2 heterocycles. The number of hydrogen-bond donors (Lipinski definition) is 0. The Morgan fingerprint density at radius 1 is 1.00 bits per heavy atom. The lowest BCUT2D eigenvalue weighted by atomic mass is 9.95. The topological polar surface area (TPSA) is 138 Å². The summed E-state index contributed by atoms with van der Waals surface area (Å²) in [7, 11) is 1.27. The number of esters is 2. The van der Waals surface area contributed by atoms with Gasteiger partial charge in [0.2, 0.25) is 0 Å². The van der Waals surface area contributed by atoms with Gasteiger partial charge in [-0.3, -0.25) is 9.36 Å². The predicted octanol–water partition coefficient (Wildman–Crippen LogP) is 5.72. The number of allylic oxidation sites excluding steroid dienone is 1. The maximum Gasteiger partial charge on any atom is 0.343 e. The lowest BCUT2D eigenvalue weighted by Crippen LogP contribution is -2.40. The number of fused-ring (bicyclic) bond motifs is 1. The molecule has 1 atom stereocenters. The number of rotatable bonds is 12. The van der Waals surface area contributed by atoms with Gasteiger partial charge in [0, 0.05) is 0 Å². The molecule has 0 amide bonds. The molecule has 258 valence electrons. The van der Waals surface area contributed by atoms with Crippen LogP contribution in [0.15, 0.2) is 84.6 Å². The number of hydrogen-bond acceptors (Lipinski definition) is 11. The molecule has 1 aliphatic rings. The maximum absolute atomic E-state index is 14.2. The van der Waals surface area contributed by atoms with E-state index >= 15 is 0 Å². The summed E-state index contributed by atoms with van der Waals surface area (Å²) in [6.45, 7) is 5.61. The molecule has 1 aromatic heterocycles. The first kappa shape index (κ1) is 36.6. The summed E-state index contributed by atoms with van der Waals surface area (Å²) in [6.07, 6.45) is 1.75. The Labute approximate surface area is 308 Å². The van der Waals surface area contributed by atoms with Gasteiger partial charge in [0.1, 0.15) is 12.4 Å². The number of methoxy groups -OCH3 is 1. The molecule has 0 radical (unpaired) electrons. The largest absolute Gasteiger partial charge is 0.490 e. The first-order chi connectivity index (χ1) is 24.1. The summed E-state index contributed by atoms with van der Waals surface area (Å²) in [6, 6.07) is 17.0. The third kappa shape index (κ3) is 8.01. The van der Waals surface area contributed by atoms with Crippen molar-refractivity contribution in [2.24, 2.45) is 4.99 Å². The maximum atomic E-state index is 14.2. The number of carbonyl (C=O) groups is 2. The summed E-state index contributed by atoms with van der Waals surface area (Å²) in [5.41, 5.74) is 3.01. The number of nitrogens with zero attached hydrogens (tertiary/aromatic N) is 3. The molecular formula is C36H31Br2N3O8S. The molecule has 0 saturated carbocycles. The number of thiazole rings is 1. The minimum atomic E-state index is -0.891. The molecule has 0 unspecified atom stereocenters. The van der Waals surface area contributed by atoms with E-state index in [4.69, 9.17) is 24.2 Å². The van der Waals surface area contributed by atoms with E-state index in [1.54, 1.807) is 57.2 Å². The van der Waals surface area contributed by atoms with Gasteiger partial charge < -0.3 is 23.7 Å². The van der Waals surface area contributed by atoms with Gasteiger partial charge in [-0.1, -0.05) is 29.5 Å². The van der Waals surface area contributed by atoms with Gasteiger partial charge in [0.25, 0.3) is 5.56 Å². The van der Waals surface area contributed by atoms with Crippen LogP contribution in [0.5, 0.6) is 17.2 Å². The van der Waals surface area contributed by atoms with Gasteiger partial charge >= 0.3 is 11.9 Å². The lowest BCUT2D eigenvalue weighted by Gasteiger charge is -2.25. The van der Waals surface area contributed by atoms with Crippen molar-refractivity contribution in [2.45, 2.75) is 33.4 Å². The molecule has 50 heavy (non-hydrogen) atoms. The highest BCUT2D eigenvalue weighted by Gasteiger charge is 2.34. The summed E-state index contributed by atoms with van der Waals surface area (Å²) in [5, 5.41) is 9.05. The van der Waals surface area contributed by atoms with Crippen molar-refractivity contribution in [1.29, 1.82) is 5.26 Å². The van der Waals surface area contributed by atoms with E-state index in [2.05, 4.69) is 47.7 Å². The lowest BCUT2D eigenvalue weighted by molar-refractivity contribution is -0.143. The van der Waals surface area contributed by atoms with Gasteiger partial charge in [-0.2, -0.15) is 5.26 Å². The molecular weight excluding hydrogens is 794 g/mol. The van der Waals surface area contributed by atoms with Crippen LogP contribution in [0, 0.1) is 11.3 Å². The van der Waals surface area contributed by atoms with Crippen LogP contribution in [0.3, 0.4) is 0 Å². The van der Waals surface area contributed by atoms with Crippen LogP contribution in [0.4, 0.5) is 0 Å². The monoisotopic (exact) mass is 823 g/mol. The number of halogens is 2. The second-order valence-electron chi connectivity index (χ2n) is 10.7. The van der Waals surface area contributed by atoms with Crippen LogP contribution < -0.4 is 29.1 Å². The van der Waals surface area contributed by atoms with Gasteiger partial charge in [-0.05, 0) is 112 Å². The van der Waals surface area contributed by atoms with Crippen LogP contribution in [0.2, 0.25) is 0 Å². The molecule has 5 rings (SSSR count). The fourth-order valence-electron chi connectivity index (χ4n) is 5.17. The van der Waals surface area contributed by atoms with Crippen molar-refractivity contribution in [3.63, 3.8) is 0 Å². The number of nitriles is 1. The third-order valence-electron chi connectivity index (χ3n) is 7.46. The SMILES string of the molecule is CCOC(=O)C1=C(C)N=c2s/c(=C/c3cc(Br)c(OCc4ccc(C#N)cc4)c(Br)c3)c(=O)n2[C@H]1c1ccc(OCC(=O)OC)c(OCC)c1. The second-order valence-corrected chi connectivity index (χ2v) is 13.4. The number of aromatic nitrogens is 1. The molecule has 1 aliphatic heterocycles. The van der Waals surface area contributed by atoms with Crippen LogP contribution in [0.1, 0.15) is 49.1 Å². The van der Waals surface area contributed by atoms with E-state index in [1.807, 2.05) is 24.3 Å². The highest BCUT2D eigenvalue weighted by Crippen LogP contribution is 2.37. The third-order valence-corrected chi connectivity index (χ3v) is 9.62. The zero-order valence-corrected chi connectivity index (χ0v) is 31.4. The molecule has 0 fully saturated rings. The predicted molar refractivity (Wildman–Crippen MR) is 193 cm³/mol. The Bertz CT molecular complexity index is 2180. The van der Waals surface area contributed by atoms with Crippen LogP contribution in [-0.2, 0) is 25.7 Å². The average Bonchev–Trinajstić information content (AvgIpc) is 3.40. The molecule has 0 aliphatic carbocycles. The van der Waals surface area contributed by atoms with Gasteiger partial charge in [-0.25, -0.2) is 14.6 Å². The van der Waals surface area contributed by atoms with Gasteiger partial charge in [0.15, 0.2) is 22.9 Å². The van der Waals surface area contributed by atoms with Crippen LogP contribution >= 0.6 is 43.2 Å². The molecule has 0 saturated heterocycles.